The quantitative estimate of drug-likeness (QED) is 0.497. The van der Waals surface area contributed by atoms with Crippen LogP contribution in [0.5, 0.6) is 11.5 Å². The molecule has 3 nitrogen and oxygen atoms in total. The van der Waals surface area contributed by atoms with Crippen LogP contribution in [-0.2, 0) is 9.05 Å². The lowest BCUT2D eigenvalue weighted by molar-refractivity contribution is 0.480. The molecule has 120 valence electrons. The molecule has 0 amide bonds. The van der Waals surface area contributed by atoms with Crippen molar-refractivity contribution in [2.75, 3.05) is 0 Å². The Hall–Kier alpha value is -0.720. The van der Waals surface area contributed by atoms with Gasteiger partial charge in [-0.1, -0.05) is 34.8 Å². The fourth-order valence-electron chi connectivity index (χ4n) is 1.31. The summed E-state index contributed by atoms with van der Waals surface area (Å²) in [6, 6.07) is 11.1. The Kier molecular flexibility index (Phi) is 7.72. The summed E-state index contributed by atoms with van der Waals surface area (Å²) in [6.45, 7) is 0. The second kappa shape index (κ2) is 8.79. The molecule has 0 bridgehead atoms. The van der Waals surface area contributed by atoms with Gasteiger partial charge in [-0.3, -0.25) is 0 Å². The van der Waals surface area contributed by atoms with Crippen LogP contribution in [0, 0.1) is 5.82 Å². The number of ether oxygens (including phenoxy) is 1. The van der Waals surface area contributed by atoms with Crippen LogP contribution >= 0.6 is 45.5 Å². The van der Waals surface area contributed by atoms with Gasteiger partial charge >= 0.3 is 0 Å². The number of hydrogen-bond acceptors (Lipinski definition) is 3. The average Bonchev–Trinajstić information content (AvgIpc) is 2.40. The zero-order chi connectivity index (χ0) is 16.8. The number of halogens is 5. The third kappa shape index (κ3) is 7.51. The van der Waals surface area contributed by atoms with E-state index in [1.54, 1.807) is 0 Å². The maximum absolute atomic E-state index is 12.7. The van der Waals surface area contributed by atoms with Crippen molar-refractivity contribution < 1.29 is 17.5 Å². The number of alkyl halides is 3. The highest BCUT2D eigenvalue weighted by Gasteiger charge is 2.09. The fraction of sp³-hybridized carbons (Fsp3) is 0.0769. The van der Waals surface area contributed by atoms with Gasteiger partial charge < -0.3 is 4.74 Å². The van der Waals surface area contributed by atoms with Crippen LogP contribution in [0.2, 0.25) is 0 Å². The molecule has 0 radical (unpaired) electrons. The largest absolute Gasteiger partial charge is 0.457 e. The van der Waals surface area contributed by atoms with Crippen molar-refractivity contribution in [3.05, 3.63) is 54.3 Å². The van der Waals surface area contributed by atoms with Crippen LogP contribution < -0.4 is 4.74 Å². The highest BCUT2D eigenvalue weighted by Crippen LogP contribution is 2.24. The van der Waals surface area contributed by atoms with Gasteiger partial charge in [0.25, 0.3) is 9.05 Å². The minimum absolute atomic E-state index is 0.00405. The summed E-state index contributed by atoms with van der Waals surface area (Å²) in [7, 11) is 1.45. The Bertz CT molecular complexity index is 685. The molecular formula is C13H9Cl4FO3S. The molecule has 0 aliphatic carbocycles. The molecule has 0 atom stereocenters. The summed E-state index contributed by atoms with van der Waals surface area (Å²) in [4.78, 5) is -0.00405. The molecule has 0 fully saturated rings. The zero-order valence-corrected chi connectivity index (χ0v) is 14.6. The van der Waals surface area contributed by atoms with E-state index in [1.807, 2.05) is 0 Å². The van der Waals surface area contributed by atoms with Crippen molar-refractivity contribution in [2.45, 2.75) is 9.19 Å². The van der Waals surface area contributed by atoms with Crippen LogP contribution in [0.3, 0.4) is 0 Å². The Balaban J connectivity index is 0.000000541. The summed E-state index contributed by atoms with van der Waals surface area (Å²) in [5, 5.41) is 0. The first kappa shape index (κ1) is 19.3. The van der Waals surface area contributed by atoms with Crippen LogP contribution in [0.1, 0.15) is 0 Å². The van der Waals surface area contributed by atoms with Crippen LogP contribution in [0.15, 0.2) is 53.4 Å². The van der Waals surface area contributed by atoms with Crippen LogP contribution in [0.25, 0.3) is 0 Å². The van der Waals surface area contributed by atoms with Gasteiger partial charge in [-0.15, -0.1) is 0 Å². The van der Waals surface area contributed by atoms with Gasteiger partial charge in [-0.25, -0.2) is 12.8 Å². The molecule has 0 saturated carbocycles. The van der Waals surface area contributed by atoms with Gasteiger partial charge in [0.2, 0.25) is 0 Å². The van der Waals surface area contributed by atoms with E-state index in [4.69, 9.17) is 50.2 Å². The third-order valence-corrected chi connectivity index (χ3v) is 3.52. The molecule has 0 heterocycles. The second-order valence-electron chi connectivity index (χ2n) is 3.71. The van der Waals surface area contributed by atoms with E-state index in [1.165, 1.54) is 48.5 Å². The van der Waals surface area contributed by atoms with Crippen molar-refractivity contribution in [1.82, 2.24) is 0 Å². The predicted molar refractivity (Wildman–Crippen MR) is 87.3 cm³/mol. The van der Waals surface area contributed by atoms with Gasteiger partial charge in [0.1, 0.15) is 17.3 Å². The molecular weight excluding hydrogens is 397 g/mol. The van der Waals surface area contributed by atoms with Gasteiger partial charge in [0, 0.05) is 10.7 Å². The van der Waals surface area contributed by atoms with E-state index in [9.17, 15) is 12.8 Å². The first-order valence-electron chi connectivity index (χ1n) is 5.59. The lowest BCUT2D eigenvalue weighted by atomic mass is 10.3. The van der Waals surface area contributed by atoms with Gasteiger partial charge in [0.15, 0.2) is 4.30 Å². The fourth-order valence-corrected chi connectivity index (χ4v) is 2.08. The van der Waals surface area contributed by atoms with Crippen molar-refractivity contribution >= 4 is 54.5 Å². The third-order valence-electron chi connectivity index (χ3n) is 2.15. The van der Waals surface area contributed by atoms with Crippen molar-refractivity contribution in [3.8, 4) is 11.5 Å². The van der Waals surface area contributed by atoms with E-state index in [0.29, 0.717) is 11.5 Å². The van der Waals surface area contributed by atoms with Crippen LogP contribution in [0.4, 0.5) is 4.39 Å². The lowest BCUT2D eigenvalue weighted by Crippen LogP contribution is -1.90. The minimum Gasteiger partial charge on any atom is -0.457 e. The highest BCUT2D eigenvalue weighted by molar-refractivity contribution is 8.13. The topological polar surface area (TPSA) is 43.4 Å². The first-order chi connectivity index (χ1) is 10.2. The number of rotatable bonds is 3. The smallest absolute Gasteiger partial charge is 0.261 e. The van der Waals surface area contributed by atoms with Gasteiger partial charge in [-0.2, -0.15) is 0 Å². The SMILES string of the molecule is ClC(Cl)Cl.O=S(=O)(Cl)c1ccc(Oc2ccc(F)cc2)cc1. The molecule has 22 heavy (non-hydrogen) atoms. The average molecular weight is 406 g/mol. The summed E-state index contributed by atoms with van der Waals surface area (Å²) in [6.07, 6.45) is 0. The molecule has 0 N–H and O–H groups in total. The minimum atomic E-state index is -3.73. The normalized spacial score (nSPS) is 10.8. The standard InChI is InChI=1S/C12H8ClFO3S.CHCl3/c13-18(15,16)12-7-5-11(6-8-12)17-10-3-1-9(14)2-4-10;2-1(3)4/h1-8H;1H. The maximum atomic E-state index is 12.7. The summed E-state index contributed by atoms with van der Waals surface area (Å²) >= 11 is 14.4. The van der Waals surface area contributed by atoms with Crippen LogP contribution in [-0.4, -0.2) is 12.7 Å². The first-order valence-corrected chi connectivity index (χ1v) is 9.21. The van der Waals surface area contributed by atoms with E-state index < -0.39 is 13.3 Å². The Labute approximate surface area is 146 Å². The molecule has 0 unspecified atom stereocenters. The molecule has 0 spiro atoms. The maximum Gasteiger partial charge on any atom is 0.261 e. The number of benzene rings is 2. The van der Waals surface area contributed by atoms with Gasteiger partial charge in [0.05, 0.1) is 4.90 Å². The monoisotopic (exact) mass is 404 g/mol. The van der Waals surface area contributed by atoms with E-state index in [-0.39, 0.29) is 10.7 Å². The molecule has 2 aromatic carbocycles. The Morgan fingerprint density at radius 3 is 1.59 bits per heavy atom. The molecule has 0 aliphatic rings. The Morgan fingerprint density at radius 1 is 0.864 bits per heavy atom. The molecule has 2 aromatic rings. The predicted octanol–water partition coefficient (Wildman–Crippen LogP) is 5.53. The molecule has 0 aliphatic heterocycles. The Morgan fingerprint density at radius 2 is 1.23 bits per heavy atom. The van der Waals surface area contributed by atoms with Crippen molar-refractivity contribution in [3.63, 3.8) is 0 Å². The van der Waals surface area contributed by atoms with E-state index in [2.05, 4.69) is 0 Å². The lowest BCUT2D eigenvalue weighted by Gasteiger charge is -2.05. The molecule has 9 heteroatoms. The summed E-state index contributed by atoms with van der Waals surface area (Å²) < 4.78 is 39.4. The zero-order valence-electron chi connectivity index (χ0n) is 10.7. The van der Waals surface area contributed by atoms with Crippen molar-refractivity contribution in [2.24, 2.45) is 0 Å². The van der Waals surface area contributed by atoms with E-state index in [0.717, 1.165) is 0 Å². The highest BCUT2D eigenvalue weighted by atomic mass is 35.7. The molecule has 2 rings (SSSR count). The molecule has 0 saturated heterocycles. The summed E-state index contributed by atoms with van der Waals surface area (Å²) in [5.41, 5.74) is 0. The van der Waals surface area contributed by atoms with E-state index >= 15 is 0 Å². The van der Waals surface area contributed by atoms with Crippen molar-refractivity contribution in [1.29, 1.82) is 0 Å². The van der Waals surface area contributed by atoms with Gasteiger partial charge in [-0.05, 0) is 48.5 Å². The summed E-state index contributed by atoms with van der Waals surface area (Å²) in [5.74, 6) is 0.537. The molecule has 0 aromatic heterocycles. The second-order valence-corrected chi connectivity index (χ2v) is 8.26. The number of hydrogen-bond donors (Lipinski definition) is 0.